The van der Waals surface area contributed by atoms with Crippen LogP contribution in [0.1, 0.15) is 22.8 Å². The number of nitrogens with zero attached hydrogens (tertiary/aromatic N) is 1. The first-order valence-corrected chi connectivity index (χ1v) is 9.09. The van der Waals surface area contributed by atoms with Gasteiger partial charge < -0.3 is 14.8 Å². The van der Waals surface area contributed by atoms with Crippen LogP contribution in [0, 0.1) is 0 Å². The summed E-state index contributed by atoms with van der Waals surface area (Å²) in [5.74, 6) is -1.95. The van der Waals surface area contributed by atoms with Crippen LogP contribution >= 0.6 is 0 Å². The summed E-state index contributed by atoms with van der Waals surface area (Å²) < 4.78 is 10.3. The Morgan fingerprint density at radius 1 is 1.07 bits per heavy atom. The lowest BCUT2D eigenvalue weighted by atomic mass is 9.98. The number of para-hydroxylation sites is 2. The van der Waals surface area contributed by atoms with E-state index < -0.39 is 36.8 Å². The van der Waals surface area contributed by atoms with Crippen LogP contribution in [0.4, 0.5) is 5.69 Å². The Bertz CT molecular complexity index is 956. The summed E-state index contributed by atoms with van der Waals surface area (Å²) in [4.78, 5) is 49.6. The molecule has 0 spiro atoms. The van der Waals surface area contributed by atoms with Gasteiger partial charge in [0.15, 0.2) is 6.61 Å². The maximum absolute atomic E-state index is 12.4. The summed E-state index contributed by atoms with van der Waals surface area (Å²) in [7, 11) is 0. The van der Waals surface area contributed by atoms with Crippen LogP contribution in [-0.2, 0) is 25.5 Å². The normalized spacial score (nSPS) is 12.9. The number of benzene rings is 2. The van der Waals surface area contributed by atoms with Crippen LogP contribution in [0.2, 0.25) is 0 Å². The molecule has 3 amide bonds. The summed E-state index contributed by atoms with van der Waals surface area (Å²) >= 11 is 0. The van der Waals surface area contributed by atoms with Gasteiger partial charge in [0.1, 0.15) is 12.3 Å². The van der Waals surface area contributed by atoms with Gasteiger partial charge in [-0.3, -0.25) is 24.1 Å². The molecule has 8 nitrogen and oxygen atoms in total. The molecule has 2 aromatic carbocycles. The molecule has 3 rings (SSSR count). The van der Waals surface area contributed by atoms with Gasteiger partial charge in [-0.15, -0.1) is 0 Å². The molecule has 1 aliphatic rings. The van der Waals surface area contributed by atoms with Crippen molar-refractivity contribution in [1.82, 2.24) is 4.90 Å². The van der Waals surface area contributed by atoms with Gasteiger partial charge in [-0.2, -0.15) is 0 Å². The van der Waals surface area contributed by atoms with Crippen LogP contribution in [0.15, 0.2) is 48.5 Å². The first kappa shape index (κ1) is 20.1. The summed E-state index contributed by atoms with van der Waals surface area (Å²) in [6.45, 7) is 1.16. The number of rotatable bonds is 7. The van der Waals surface area contributed by atoms with Crippen molar-refractivity contribution >= 4 is 29.4 Å². The van der Waals surface area contributed by atoms with Crippen molar-refractivity contribution in [2.24, 2.45) is 0 Å². The lowest BCUT2D eigenvalue weighted by Gasteiger charge is -2.25. The molecule has 0 aliphatic carbocycles. The lowest BCUT2D eigenvalue weighted by molar-refractivity contribution is -0.150. The van der Waals surface area contributed by atoms with E-state index in [-0.39, 0.29) is 6.42 Å². The first-order chi connectivity index (χ1) is 14.0. The van der Waals surface area contributed by atoms with Crippen LogP contribution in [-0.4, -0.2) is 48.3 Å². The largest absolute Gasteiger partial charge is 0.492 e. The van der Waals surface area contributed by atoms with Gasteiger partial charge in [0.05, 0.1) is 18.7 Å². The zero-order chi connectivity index (χ0) is 20.8. The topological polar surface area (TPSA) is 102 Å². The number of fused-ring (bicyclic) bond motifs is 1. The molecule has 1 heterocycles. The Balaban J connectivity index is 1.54. The number of carbonyl (C=O) groups excluding carboxylic acids is 4. The number of hydrogen-bond acceptors (Lipinski definition) is 6. The van der Waals surface area contributed by atoms with Crippen LogP contribution < -0.4 is 10.1 Å². The SMILES string of the molecule is CCOc1ccccc1NC(=O)COC(=O)CN1C(=O)Cc2ccccc2C1=O. The summed E-state index contributed by atoms with van der Waals surface area (Å²) in [5.41, 5.74) is 1.46. The summed E-state index contributed by atoms with van der Waals surface area (Å²) in [5, 5.41) is 2.60. The number of nitrogens with one attached hydrogen (secondary N) is 1. The quantitative estimate of drug-likeness (QED) is 0.566. The fourth-order valence-electron chi connectivity index (χ4n) is 2.92. The molecule has 0 aromatic heterocycles. The third-order valence-corrected chi connectivity index (χ3v) is 4.25. The highest BCUT2D eigenvalue weighted by atomic mass is 16.5. The van der Waals surface area contributed by atoms with E-state index in [1.165, 1.54) is 0 Å². The van der Waals surface area contributed by atoms with Crippen LogP contribution in [0.5, 0.6) is 5.75 Å². The molecule has 0 fully saturated rings. The number of carbonyl (C=O) groups is 4. The number of amides is 3. The average Bonchev–Trinajstić information content (AvgIpc) is 2.71. The lowest BCUT2D eigenvalue weighted by Crippen LogP contribution is -2.45. The van der Waals surface area contributed by atoms with E-state index in [4.69, 9.17) is 9.47 Å². The van der Waals surface area contributed by atoms with E-state index in [9.17, 15) is 19.2 Å². The molecule has 0 bridgehead atoms. The van der Waals surface area contributed by atoms with E-state index in [1.54, 1.807) is 48.5 Å². The van der Waals surface area contributed by atoms with Crippen molar-refractivity contribution in [2.75, 3.05) is 25.1 Å². The Morgan fingerprint density at radius 2 is 1.79 bits per heavy atom. The van der Waals surface area contributed by atoms with Crippen LogP contribution in [0.25, 0.3) is 0 Å². The Hall–Kier alpha value is -3.68. The van der Waals surface area contributed by atoms with Gasteiger partial charge >= 0.3 is 5.97 Å². The number of anilines is 1. The van der Waals surface area contributed by atoms with E-state index >= 15 is 0 Å². The van der Waals surface area contributed by atoms with Gasteiger partial charge in [-0.25, -0.2) is 0 Å². The molecule has 2 aromatic rings. The Labute approximate surface area is 167 Å². The first-order valence-electron chi connectivity index (χ1n) is 9.09. The van der Waals surface area contributed by atoms with Crippen molar-refractivity contribution in [3.05, 3.63) is 59.7 Å². The molecule has 0 radical (unpaired) electrons. The molecule has 0 saturated heterocycles. The van der Waals surface area contributed by atoms with Gasteiger partial charge in [-0.05, 0) is 30.7 Å². The Morgan fingerprint density at radius 3 is 2.59 bits per heavy atom. The Kier molecular flexibility index (Phi) is 6.23. The smallest absolute Gasteiger partial charge is 0.326 e. The zero-order valence-electron chi connectivity index (χ0n) is 15.8. The minimum atomic E-state index is -0.848. The van der Waals surface area contributed by atoms with Gasteiger partial charge in [0.2, 0.25) is 5.91 Å². The fraction of sp³-hybridized carbons (Fsp3) is 0.238. The van der Waals surface area contributed by atoms with E-state index in [2.05, 4.69) is 5.32 Å². The molecule has 0 atom stereocenters. The second-order valence-corrected chi connectivity index (χ2v) is 6.26. The molecular formula is C21H20N2O6. The van der Waals surface area contributed by atoms with E-state index in [0.29, 0.717) is 29.2 Å². The number of hydrogen-bond donors (Lipinski definition) is 1. The third-order valence-electron chi connectivity index (χ3n) is 4.25. The van der Waals surface area contributed by atoms with Crippen molar-refractivity contribution in [2.45, 2.75) is 13.3 Å². The van der Waals surface area contributed by atoms with Gasteiger partial charge in [0, 0.05) is 5.56 Å². The van der Waals surface area contributed by atoms with Crippen molar-refractivity contribution in [3.8, 4) is 5.75 Å². The predicted molar refractivity (Wildman–Crippen MR) is 103 cm³/mol. The minimum absolute atomic E-state index is 0.0316. The van der Waals surface area contributed by atoms with E-state index in [0.717, 1.165) is 4.90 Å². The highest BCUT2D eigenvalue weighted by Crippen LogP contribution is 2.23. The summed E-state index contributed by atoms with van der Waals surface area (Å²) in [6.07, 6.45) is 0.0316. The zero-order valence-corrected chi connectivity index (χ0v) is 15.8. The highest BCUT2D eigenvalue weighted by molar-refractivity contribution is 6.11. The molecular weight excluding hydrogens is 376 g/mol. The van der Waals surface area contributed by atoms with Gasteiger partial charge in [0.25, 0.3) is 11.8 Å². The number of ether oxygens (including phenoxy) is 2. The fourth-order valence-corrected chi connectivity index (χ4v) is 2.92. The molecule has 8 heteroatoms. The average molecular weight is 396 g/mol. The molecule has 1 aliphatic heterocycles. The number of imide groups is 1. The maximum atomic E-state index is 12.4. The van der Waals surface area contributed by atoms with Gasteiger partial charge in [-0.1, -0.05) is 30.3 Å². The minimum Gasteiger partial charge on any atom is -0.492 e. The molecule has 0 unspecified atom stereocenters. The molecule has 150 valence electrons. The second kappa shape index (κ2) is 9.01. The van der Waals surface area contributed by atoms with Crippen molar-refractivity contribution < 1.29 is 28.7 Å². The second-order valence-electron chi connectivity index (χ2n) is 6.26. The predicted octanol–water partition coefficient (Wildman–Crippen LogP) is 1.79. The standard InChI is InChI=1S/C21H20N2O6/c1-2-28-17-10-6-5-9-16(17)22-18(24)13-29-20(26)12-23-19(25)11-14-7-3-4-8-15(14)21(23)27/h3-10H,2,11-13H2,1H3,(H,22,24). The number of esters is 1. The van der Waals surface area contributed by atoms with Crippen molar-refractivity contribution in [1.29, 1.82) is 0 Å². The molecule has 29 heavy (non-hydrogen) atoms. The molecule has 1 N–H and O–H groups in total. The highest BCUT2D eigenvalue weighted by Gasteiger charge is 2.32. The maximum Gasteiger partial charge on any atom is 0.326 e. The van der Waals surface area contributed by atoms with Crippen molar-refractivity contribution in [3.63, 3.8) is 0 Å². The van der Waals surface area contributed by atoms with Crippen LogP contribution in [0.3, 0.4) is 0 Å². The summed E-state index contributed by atoms with van der Waals surface area (Å²) in [6, 6.07) is 13.6. The molecule has 0 saturated carbocycles. The third kappa shape index (κ3) is 4.78. The van der Waals surface area contributed by atoms with E-state index in [1.807, 2.05) is 6.92 Å². The monoisotopic (exact) mass is 396 g/mol.